The van der Waals surface area contributed by atoms with Crippen molar-refractivity contribution in [3.05, 3.63) is 45.9 Å². The molecule has 0 unspecified atom stereocenters. The molecular formula is C16H13Cl2NO6S. The Hall–Kier alpha value is -2.16. The largest absolute Gasteiger partial charge is 0.490 e. The third-order valence-corrected chi connectivity index (χ3v) is 5.29. The van der Waals surface area contributed by atoms with Crippen LogP contribution in [0.3, 0.4) is 0 Å². The molecule has 0 fully saturated rings. The van der Waals surface area contributed by atoms with Crippen molar-refractivity contribution in [2.24, 2.45) is 0 Å². The molecule has 0 atom stereocenters. The molecule has 10 heteroatoms. The second-order valence-corrected chi connectivity index (χ2v) is 7.97. The summed E-state index contributed by atoms with van der Waals surface area (Å²) in [7, 11) is -4.13. The molecule has 1 aliphatic rings. The van der Waals surface area contributed by atoms with Crippen LogP contribution in [0.2, 0.25) is 10.0 Å². The predicted molar refractivity (Wildman–Crippen MR) is 96.3 cm³/mol. The van der Waals surface area contributed by atoms with E-state index in [1.807, 2.05) is 0 Å². The van der Waals surface area contributed by atoms with E-state index in [9.17, 15) is 18.3 Å². The van der Waals surface area contributed by atoms with Gasteiger partial charge in [-0.05, 0) is 18.2 Å². The van der Waals surface area contributed by atoms with Gasteiger partial charge >= 0.3 is 5.97 Å². The Morgan fingerprint density at radius 2 is 1.58 bits per heavy atom. The molecule has 0 spiro atoms. The Bertz CT molecular complexity index is 957. The molecule has 26 heavy (non-hydrogen) atoms. The number of nitrogens with one attached hydrogen (secondary N) is 1. The number of anilines is 1. The van der Waals surface area contributed by atoms with Crippen molar-refractivity contribution in [2.75, 3.05) is 17.9 Å². The fraction of sp³-hybridized carbons (Fsp3) is 0.188. The summed E-state index contributed by atoms with van der Waals surface area (Å²) < 4.78 is 38.4. The third-order valence-electron chi connectivity index (χ3n) is 3.51. The zero-order valence-corrected chi connectivity index (χ0v) is 15.5. The molecule has 3 rings (SSSR count). The highest BCUT2D eigenvalue weighted by atomic mass is 35.5. The van der Waals surface area contributed by atoms with Gasteiger partial charge < -0.3 is 14.6 Å². The molecule has 7 nitrogen and oxygen atoms in total. The number of ether oxygens (including phenoxy) is 2. The van der Waals surface area contributed by atoms with Crippen LogP contribution in [-0.4, -0.2) is 32.7 Å². The van der Waals surface area contributed by atoms with Crippen molar-refractivity contribution in [2.45, 2.75) is 11.3 Å². The van der Waals surface area contributed by atoms with Crippen molar-refractivity contribution < 1.29 is 27.8 Å². The SMILES string of the molecule is O=C(O)c1cc2c(cc1NS(=O)(=O)c1cc(Cl)cc(Cl)c1)OCCCO2. The highest BCUT2D eigenvalue weighted by molar-refractivity contribution is 7.92. The van der Waals surface area contributed by atoms with Crippen LogP contribution in [0.25, 0.3) is 0 Å². The lowest BCUT2D eigenvalue weighted by Crippen LogP contribution is -2.16. The van der Waals surface area contributed by atoms with Crippen LogP contribution in [-0.2, 0) is 10.0 Å². The van der Waals surface area contributed by atoms with Gasteiger partial charge in [0, 0.05) is 28.6 Å². The lowest BCUT2D eigenvalue weighted by Gasteiger charge is -2.15. The average Bonchev–Trinajstić information content (AvgIpc) is 2.77. The van der Waals surface area contributed by atoms with Crippen molar-refractivity contribution >= 4 is 44.9 Å². The Labute approximate surface area is 159 Å². The zero-order valence-electron chi connectivity index (χ0n) is 13.2. The van der Waals surface area contributed by atoms with Crippen LogP contribution in [0, 0.1) is 0 Å². The van der Waals surface area contributed by atoms with Crippen LogP contribution >= 0.6 is 23.2 Å². The van der Waals surface area contributed by atoms with Crippen LogP contribution < -0.4 is 14.2 Å². The fourth-order valence-corrected chi connectivity index (χ4v) is 4.15. The van der Waals surface area contributed by atoms with E-state index in [2.05, 4.69) is 4.72 Å². The maximum absolute atomic E-state index is 12.6. The molecule has 2 N–H and O–H groups in total. The summed E-state index contributed by atoms with van der Waals surface area (Å²) in [5, 5.41) is 9.69. The maximum atomic E-state index is 12.6. The predicted octanol–water partition coefficient (Wildman–Crippen LogP) is 3.65. The molecule has 1 heterocycles. The van der Waals surface area contributed by atoms with E-state index < -0.39 is 16.0 Å². The second-order valence-electron chi connectivity index (χ2n) is 5.41. The molecule has 2 aromatic carbocycles. The summed E-state index contributed by atoms with van der Waals surface area (Å²) in [6, 6.07) is 6.32. The van der Waals surface area contributed by atoms with Crippen molar-refractivity contribution in [1.29, 1.82) is 0 Å². The zero-order chi connectivity index (χ0) is 18.9. The minimum absolute atomic E-state index is 0.134. The molecule has 0 saturated carbocycles. The fourth-order valence-electron chi connectivity index (χ4n) is 2.36. The smallest absolute Gasteiger partial charge is 0.337 e. The van der Waals surface area contributed by atoms with Gasteiger partial charge in [-0.1, -0.05) is 23.2 Å². The minimum Gasteiger partial charge on any atom is -0.490 e. The quantitative estimate of drug-likeness (QED) is 0.786. The lowest BCUT2D eigenvalue weighted by molar-refractivity contribution is 0.0697. The maximum Gasteiger partial charge on any atom is 0.337 e. The lowest BCUT2D eigenvalue weighted by atomic mass is 10.1. The first kappa shape index (κ1) is 18.6. The summed E-state index contributed by atoms with van der Waals surface area (Å²) in [5.41, 5.74) is -0.427. The van der Waals surface area contributed by atoms with Gasteiger partial charge in [0.1, 0.15) is 0 Å². The van der Waals surface area contributed by atoms with Gasteiger partial charge in [-0.15, -0.1) is 0 Å². The Kier molecular flexibility index (Phi) is 5.17. The van der Waals surface area contributed by atoms with E-state index in [-0.39, 0.29) is 37.7 Å². The number of aromatic carboxylic acids is 1. The molecule has 2 aromatic rings. The summed E-state index contributed by atoms with van der Waals surface area (Å²) in [5.74, 6) is -0.814. The molecule has 0 aliphatic carbocycles. The number of carboxylic acid groups (broad SMARTS) is 1. The first-order chi connectivity index (χ1) is 12.3. The number of hydrogen-bond donors (Lipinski definition) is 2. The van der Waals surface area contributed by atoms with E-state index in [0.29, 0.717) is 19.6 Å². The number of sulfonamides is 1. The minimum atomic E-state index is -4.13. The van der Waals surface area contributed by atoms with Gasteiger partial charge in [0.15, 0.2) is 11.5 Å². The van der Waals surface area contributed by atoms with Gasteiger partial charge in [-0.25, -0.2) is 13.2 Å². The number of carbonyl (C=O) groups is 1. The molecule has 0 aromatic heterocycles. The summed E-state index contributed by atoms with van der Waals surface area (Å²) in [4.78, 5) is 11.4. The third kappa shape index (κ3) is 3.98. The van der Waals surface area contributed by atoms with E-state index in [0.717, 1.165) is 0 Å². The van der Waals surface area contributed by atoms with Crippen LogP contribution in [0.5, 0.6) is 11.5 Å². The number of benzene rings is 2. The number of halogens is 2. The summed E-state index contributed by atoms with van der Waals surface area (Å²) in [6.07, 6.45) is 0.624. The molecule has 0 saturated heterocycles. The van der Waals surface area contributed by atoms with E-state index in [1.54, 1.807) is 0 Å². The van der Waals surface area contributed by atoms with E-state index in [1.165, 1.54) is 30.3 Å². The Balaban J connectivity index is 2.05. The number of hydrogen-bond acceptors (Lipinski definition) is 5. The van der Waals surface area contributed by atoms with Crippen LogP contribution in [0.1, 0.15) is 16.8 Å². The Morgan fingerprint density at radius 3 is 2.15 bits per heavy atom. The summed E-state index contributed by atoms with van der Waals surface area (Å²) in [6.45, 7) is 0.744. The molecule has 0 radical (unpaired) electrons. The molecule has 0 amide bonds. The first-order valence-corrected chi connectivity index (χ1v) is 9.66. The summed E-state index contributed by atoms with van der Waals surface area (Å²) >= 11 is 11.7. The molecule has 138 valence electrons. The molecule has 0 bridgehead atoms. The van der Waals surface area contributed by atoms with Gasteiger partial charge in [0.05, 0.1) is 29.4 Å². The van der Waals surface area contributed by atoms with Gasteiger partial charge in [0.25, 0.3) is 10.0 Å². The highest BCUT2D eigenvalue weighted by Gasteiger charge is 2.23. The van der Waals surface area contributed by atoms with Crippen LogP contribution in [0.15, 0.2) is 35.2 Å². The van der Waals surface area contributed by atoms with Gasteiger partial charge in [-0.2, -0.15) is 0 Å². The molecule has 1 aliphatic heterocycles. The standard InChI is InChI=1S/C16H13Cl2NO6S/c17-9-4-10(18)6-11(5-9)26(22,23)19-13-8-15-14(7-12(13)16(20)21)24-2-1-3-25-15/h4-8,19H,1-3H2,(H,20,21). The second kappa shape index (κ2) is 7.22. The van der Waals surface area contributed by atoms with Crippen molar-refractivity contribution in [3.8, 4) is 11.5 Å². The van der Waals surface area contributed by atoms with Gasteiger partial charge in [0.2, 0.25) is 0 Å². The number of carboxylic acids is 1. The van der Waals surface area contributed by atoms with E-state index in [4.69, 9.17) is 32.7 Å². The van der Waals surface area contributed by atoms with Crippen molar-refractivity contribution in [3.63, 3.8) is 0 Å². The van der Waals surface area contributed by atoms with E-state index >= 15 is 0 Å². The topological polar surface area (TPSA) is 102 Å². The normalized spacial score (nSPS) is 13.8. The van der Waals surface area contributed by atoms with Crippen LogP contribution in [0.4, 0.5) is 5.69 Å². The number of fused-ring (bicyclic) bond motifs is 1. The average molecular weight is 418 g/mol. The van der Waals surface area contributed by atoms with Gasteiger partial charge in [-0.3, -0.25) is 4.72 Å². The first-order valence-electron chi connectivity index (χ1n) is 7.42. The van der Waals surface area contributed by atoms with Crippen molar-refractivity contribution in [1.82, 2.24) is 0 Å². The Morgan fingerprint density at radius 1 is 1.00 bits per heavy atom. The number of rotatable bonds is 4. The monoisotopic (exact) mass is 417 g/mol. The highest BCUT2D eigenvalue weighted by Crippen LogP contribution is 2.36. The molecular weight excluding hydrogens is 405 g/mol.